The molecule has 1 aliphatic heterocycles. The molecule has 8 heteroatoms. The van der Waals surface area contributed by atoms with Crippen LogP contribution in [0.5, 0.6) is 0 Å². The number of halogens is 3. The van der Waals surface area contributed by atoms with E-state index in [1.165, 1.54) is 22.2 Å². The maximum atomic E-state index is 13.9. The second kappa shape index (κ2) is 10.9. The number of nitrogens with zero attached hydrogens (tertiary/aromatic N) is 3. The number of alkyl halides is 3. The van der Waals surface area contributed by atoms with Crippen molar-refractivity contribution in [3.8, 4) is 0 Å². The summed E-state index contributed by atoms with van der Waals surface area (Å²) in [6.45, 7) is 9.54. The highest BCUT2D eigenvalue weighted by atomic mass is 19.4. The Labute approximate surface area is 219 Å². The van der Waals surface area contributed by atoms with E-state index in [-0.39, 0.29) is 21.7 Å². The van der Waals surface area contributed by atoms with Gasteiger partial charge in [0.05, 0.1) is 5.69 Å². The van der Waals surface area contributed by atoms with Crippen LogP contribution < -0.4 is 10.8 Å². The molecule has 2 aromatic heterocycles. The minimum absolute atomic E-state index is 0.00701. The third kappa shape index (κ3) is 6.76. The van der Waals surface area contributed by atoms with E-state index in [2.05, 4.69) is 75.2 Å². The lowest BCUT2D eigenvalue weighted by atomic mass is 9.79. The lowest BCUT2D eigenvalue weighted by Gasteiger charge is -2.23. The Hall–Kier alpha value is -2.77. The van der Waals surface area contributed by atoms with Crippen LogP contribution in [0, 0.1) is 0 Å². The molecule has 0 amide bonds. The van der Waals surface area contributed by atoms with Crippen molar-refractivity contribution in [2.75, 3.05) is 11.9 Å². The van der Waals surface area contributed by atoms with Crippen molar-refractivity contribution in [1.82, 2.24) is 14.8 Å². The first kappa shape index (κ1) is 27.3. The Kier molecular flexibility index (Phi) is 8.05. The van der Waals surface area contributed by atoms with Gasteiger partial charge in [0.15, 0.2) is 0 Å². The van der Waals surface area contributed by atoms with Crippen molar-refractivity contribution in [3.05, 3.63) is 70.2 Å². The molecule has 0 aliphatic carbocycles. The molecule has 1 aromatic carbocycles. The zero-order chi connectivity index (χ0) is 26.8. The maximum absolute atomic E-state index is 13.9. The van der Waals surface area contributed by atoms with E-state index in [0.29, 0.717) is 31.4 Å². The largest absolute Gasteiger partial charge is 0.504 e. The van der Waals surface area contributed by atoms with Crippen LogP contribution in [0.4, 0.5) is 19.0 Å². The molecule has 0 bridgehead atoms. The van der Waals surface area contributed by atoms with Gasteiger partial charge >= 0.3 is 6.30 Å². The molecule has 1 unspecified atom stereocenters. The highest BCUT2D eigenvalue weighted by Crippen LogP contribution is 2.31. The Morgan fingerprint density at radius 1 is 1.05 bits per heavy atom. The molecule has 4 nitrogen and oxygen atoms in total. The predicted molar refractivity (Wildman–Crippen MR) is 147 cm³/mol. The number of nitrogens with one attached hydrogen (secondary N) is 1. The molecule has 1 atom stereocenters. The van der Waals surface area contributed by atoms with Crippen molar-refractivity contribution < 1.29 is 13.2 Å². The SMILES string of the molecule is Bc1cc(C(CC)Cc2cc(CCCc3ccc4c(n3)NCCC4)n(C(F)(F)F)n2)cc(C(C)(C)C)c1. The van der Waals surface area contributed by atoms with Crippen LogP contribution in [-0.4, -0.2) is 29.2 Å². The van der Waals surface area contributed by atoms with E-state index >= 15 is 0 Å². The summed E-state index contributed by atoms with van der Waals surface area (Å²) in [7, 11) is 2.08. The molecule has 1 aliphatic rings. The van der Waals surface area contributed by atoms with Gasteiger partial charge in [-0.25, -0.2) is 4.98 Å². The summed E-state index contributed by atoms with van der Waals surface area (Å²) >= 11 is 0. The van der Waals surface area contributed by atoms with Gasteiger partial charge in [0.25, 0.3) is 0 Å². The van der Waals surface area contributed by atoms with Crippen LogP contribution in [0.3, 0.4) is 0 Å². The molecule has 0 radical (unpaired) electrons. The van der Waals surface area contributed by atoms with Crippen molar-refractivity contribution in [1.29, 1.82) is 0 Å². The van der Waals surface area contributed by atoms with E-state index in [1.54, 1.807) is 6.07 Å². The summed E-state index contributed by atoms with van der Waals surface area (Å²) in [5.74, 6) is 1.03. The third-order valence-corrected chi connectivity index (χ3v) is 7.28. The van der Waals surface area contributed by atoms with Gasteiger partial charge in [0.1, 0.15) is 13.7 Å². The first-order chi connectivity index (χ1) is 17.4. The monoisotopic (exact) mass is 510 g/mol. The van der Waals surface area contributed by atoms with E-state index in [0.717, 1.165) is 37.3 Å². The van der Waals surface area contributed by atoms with Crippen molar-refractivity contribution >= 4 is 19.1 Å². The van der Waals surface area contributed by atoms with E-state index in [4.69, 9.17) is 0 Å². The lowest BCUT2D eigenvalue weighted by molar-refractivity contribution is -0.214. The molecule has 198 valence electrons. The molecular formula is C29H38BF3N4. The zero-order valence-electron chi connectivity index (χ0n) is 22.7. The van der Waals surface area contributed by atoms with Crippen LogP contribution in [0.15, 0.2) is 36.4 Å². The summed E-state index contributed by atoms with van der Waals surface area (Å²) in [5.41, 5.74) is 6.43. The highest BCUT2D eigenvalue weighted by Gasteiger charge is 2.35. The van der Waals surface area contributed by atoms with Crippen LogP contribution >= 0.6 is 0 Å². The van der Waals surface area contributed by atoms with Crippen molar-refractivity contribution in [2.24, 2.45) is 0 Å². The van der Waals surface area contributed by atoms with E-state index < -0.39 is 6.30 Å². The number of pyridine rings is 1. The average molecular weight is 510 g/mol. The first-order valence-corrected chi connectivity index (χ1v) is 13.4. The number of aryl methyl sites for hydroxylation is 3. The number of anilines is 1. The zero-order valence-corrected chi connectivity index (χ0v) is 22.7. The quantitative estimate of drug-likeness (QED) is 0.403. The Morgan fingerprint density at radius 3 is 2.54 bits per heavy atom. The Morgan fingerprint density at radius 2 is 1.84 bits per heavy atom. The predicted octanol–water partition coefficient (Wildman–Crippen LogP) is 5.58. The topological polar surface area (TPSA) is 42.7 Å². The fourth-order valence-electron chi connectivity index (χ4n) is 5.16. The number of hydrogen-bond acceptors (Lipinski definition) is 3. The van der Waals surface area contributed by atoms with E-state index in [9.17, 15) is 13.2 Å². The van der Waals surface area contributed by atoms with Gasteiger partial charge < -0.3 is 5.32 Å². The molecule has 0 saturated heterocycles. The Bertz CT molecular complexity index is 1230. The Balaban J connectivity index is 1.50. The lowest BCUT2D eigenvalue weighted by Crippen LogP contribution is -2.21. The normalized spacial score (nSPS) is 14.8. The van der Waals surface area contributed by atoms with Crippen molar-refractivity contribution in [2.45, 2.75) is 90.3 Å². The third-order valence-electron chi connectivity index (χ3n) is 7.28. The smallest absolute Gasteiger partial charge is 0.370 e. The first-order valence-electron chi connectivity index (χ1n) is 13.4. The van der Waals surface area contributed by atoms with Crippen LogP contribution in [-0.2, 0) is 37.4 Å². The molecule has 0 saturated carbocycles. The molecule has 0 fully saturated rings. The van der Waals surface area contributed by atoms with Gasteiger partial charge in [-0.05, 0) is 85.1 Å². The van der Waals surface area contributed by atoms with Crippen LogP contribution in [0.25, 0.3) is 0 Å². The molecule has 3 aromatic rings. The minimum Gasteiger partial charge on any atom is -0.370 e. The maximum Gasteiger partial charge on any atom is 0.504 e. The van der Waals surface area contributed by atoms with Gasteiger partial charge in [-0.1, -0.05) is 57.4 Å². The molecule has 3 heterocycles. The average Bonchev–Trinajstić information content (AvgIpc) is 3.25. The van der Waals surface area contributed by atoms with Crippen LogP contribution in [0.2, 0.25) is 0 Å². The number of rotatable bonds is 8. The van der Waals surface area contributed by atoms with E-state index in [1.807, 2.05) is 6.07 Å². The van der Waals surface area contributed by atoms with Gasteiger partial charge in [-0.15, -0.1) is 13.2 Å². The highest BCUT2D eigenvalue weighted by molar-refractivity contribution is 6.32. The fourth-order valence-corrected chi connectivity index (χ4v) is 5.16. The summed E-state index contributed by atoms with van der Waals surface area (Å²) in [5, 5.41) is 7.36. The standard InChI is InChI=1S/C29H38BF3N4/c1-5-19(21-14-22(28(2,3)4)17-23(30)15-21)16-25-18-26(37(36-25)29(31,32)33)10-6-9-24-12-11-20-8-7-13-34-27(20)35-24/h11-12,14-15,17-19H,5-10,13,16,30H2,1-4H3,(H,34,35). The summed E-state index contributed by atoms with van der Waals surface area (Å²) in [4.78, 5) is 4.68. The van der Waals surface area contributed by atoms with Crippen LogP contribution in [0.1, 0.15) is 86.6 Å². The second-order valence-electron chi connectivity index (χ2n) is 11.4. The number of benzene rings is 1. The fraction of sp³-hybridized carbons (Fsp3) is 0.517. The molecule has 1 N–H and O–H groups in total. The minimum atomic E-state index is -4.54. The molecule has 37 heavy (non-hydrogen) atoms. The van der Waals surface area contributed by atoms with Gasteiger partial charge in [-0.2, -0.15) is 9.78 Å². The van der Waals surface area contributed by atoms with Crippen molar-refractivity contribution in [3.63, 3.8) is 0 Å². The summed E-state index contributed by atoms with van der Waals surface area (Å²) < 4.78 is 41.9. The molecule has 0 spiro atoms. The van der Waals surface area contributed by atoms with Gasteiger partial charge in [-0.3, -0.25) is 0 Å². The summed E-state index contributed by atoms with van der Waals surface area (Å²) in [6, 6.07) is 12.3. The van der Waals surface area contributed by atoms with Gasteiger partial charge in [0.2, 0.25) is 0 Å². The van der Waals surface area contributed by atoms with Gasteiger partial charge in [0, 0.05) is 17.9 Å². The number of fused-ring (bicyclic) bond motifs is 1. The molecular weight excluding hydrogens is 472 g/mol. The number of aromatic nitrogens is 3. The second-order valence-corrected chi connectivity index (χ2v) is 11.4. The summed E-state index contributed by atoms with van der Waals surface area (Å²) in [6.07, 6.45) is 0.401. The number of hydrogen-bond donors (Lipinski definition) is 1. The molecule has 4 rings (SSSR count).